The smallest absolute Gasteiger partial charge is 0.234 e. The van der Waals surface area contributed by atoms with Gasteiger partial charge in [-0.05, 0) is 62.5 Å². The summed E-state index contributed by atoms with van der Waals surface area (Å²) in [5, 5.41) is 5.99. The molecule has 0 saturated carbocycles. The van der Waals surface area contributed by atoms with Crippen molar-refractivity contribution < 1.29 is 0 Å². The van der Waals surface area contributed by atoms with Crippen LogP contribution in [0.5, 0.6) is 0 Å². The molecule has 3 heteroatoms. The average molecular weight is 430 g/mol. The number of fused-ring (bicyclic) bond motifs is 5. The van der Waals surface area contributed by atoms with Gasteiger partial charge in [0, 0.05) is 5.39 Å². The molecule has 0 unspecified atom stereocenters. The van der Waals surface area contributed by atoms with E-state index in [0.717, 1.165) is 0 Å². The molecule has 2 aliphatic heterocycles. The lowest BCUT2D eigenvalue weighted by Gasteiger charge is -2.24. The number of hydrogen-bond donors (Lipinski definition) is 0. The van der Waals surface area contributed by atoms with Crippen LogP contribution in [0, 0.1) is 0 Å². The summed E-state index contributed by atoms with van der Waals surface area (Å²) >= 11 is 0. The molecule has 2 aliphatic rings. The lowest BCUT2D eigenvalue weighted by atomic mass is 9.36. The molecule has 0 saturated heterocycles. The molecule has 156 valence electrons. The van der Waals surface area contributed by atoms with Crippen molar-refractivity contribution in [1.29, 1.82) is 0 Å². The lowest BCUT2D eigenvalue weighted by Crippen LogP contribution is -2.53. The highest BCUT2D eigenvalue weighted by atomic mass is 15.3. The maximum absolute atomic E-state index is 4.80. The Labute approximate surface area is 198 Å². The maximum atomic E-state index is 4.80. The third-order valence-corrected chi connectivity index (χ3v) is 7.48. The molecular weight excluding hydrogens is 411 g/mol. The second-order valence-electron chi connectivity index (χ2n) is 9.23. The second-order valence-corrected chi connectivity index (χ2v) is 9.23. The largest absolute Gasteiger partial charge is 0.249 e. The number of hydrogen-bond acceptors (Lipinski definition) is 1. The van der Waals surface area contributed by atoms with Crippen molar-refractivity contribution in [3.05, 3.63) is 115 Å². The van der Waals surface area contributed by atoms with Gasteiger partial charge in [-0.1, -0.05) is 96.5 Å². The van der Waals surface area contributed by atoms with Crippen LogP contribution in [0.1, 0.15) is 0 Å². The molecule has 0 aliphatic carbocycles. The van der Waals surface area contributed by atoms with Gasteiger partial charge in [0.15, 0.2) is 0 Å². The van der Waals surface area contributed by atoms with Crippen molar-refractivity contribution in [3.63, 3.8) is 0 Å². The Morgan fingerprint density at radius 2 is 1.29 bits per heavy atom. The molecule has 0 amide bonds. The molecule has 8 rings (SSSR count). The number of benzene rings is 5. The summed E-state index contributed by atoms with van der Waals surface area (Å²) in [4.78, 5) is 0. The molecule has 0 fully saturated rings. The van der Waals surface area contributed by atoms with E-state index in [2.05, 4.69) is 114 Å². The minimum atomic E-state index is 0.203. The summed E-state index contributed by atoms with van der Waals surface area (Å²) in [6.07, 6.45) is 2.00. The van der Waals surface area contributed by atoms with Crippen molar-refractivity contribution in [2.24, 2.45) is 0 Å². The molecule has 34 heavy (non-hydrogen) atoms. The van der Waals surface area contributed by atoms with Gasteiger partial charge in [0.1, 0.15) is 0 Å². The Hall–Kier alpha value is -4.37. The van der Waals surface area contributed by atoms with Crippen LogP contribution in [-0.4, -0.2) is 16.5 Å². The topological polar surface area (TPSA) is 17.8 Å². The van der Waals surface area contributed by atoms with E-state index in [1.165, 1.54) is 66.4 Å². The fraction of sp³-hybridized carbons (Fsp3) is 0. The Morgan fingerprint density at radius 1 is 0.559 bits per heavy atom. The van der Waals surface area contributed by atoms with Crippen LogP contribution in [0.2, 0.25) is 0 Å². The molecule has 3 heterocycles. The molecule has 0 atom stereocenters. The van der Waals surface area contributed by atoms with E-state index in [4.69, 9.17) is 5.10 Å². The van der Waals surface area contributed by atoms with Crippen molar-refractivity contribution in [3.8, 4) is 39.1 Å². The standard InChI is InChI=1S/C31H19BN2/c1-3-9-20(10-4-1)23-17-25(21-11-5-2-6-12-21)29-26(18-23)24-14-8-16-28-30(24)32(29)27-15-7-13-22-19-33-34(28)31(22)27/h1-19H. The first-order chi connectivity index (χ1) is 16.9. The SMILES string of the molecule is c1ccc(-c2cc(-c3ccccc3)c3c(c2)-c2cccc4c2B3c2cccc3cnn-4c23)cc1. The van der Waals surface area contributed by atoms with Crippen LogP contribution in [0.25, 0.3) is 50.0 Å². The van der Waals surface area contributed by atoms with Gasteiger partial charge in [-0.15, -0.1) is 0 Å². The number of nitrogens with zero attached hydrogens (tertiary/aromatic N) is 2. The van der Waals surface area contributed by atoms with E-state index in [1.807, 2.05) is 6.20 Å². The molecule has 0 spiro atoms. The molecule has 5 aromatic carbocycles. The van der Waals surface area contributed by atoms with Gasteiger partial charge in [0.2, 0.25) is 6.71 Å². The fourth-order valence-corrected chi connectivity index (χ4v) is 6.09. The first-order valence-corrected chi connectivity index (χ1v) is 11.8. The highest BCUT2D eigenvalue weighted by Crippen LogP contribution is 2.37. The van der Waals surface area contributed by atoms with E-state index in [1.54, 1.807) is 0 Å². The molecule has 0 N–H and O–H groups in total. The van der Waals surface area contributed by atoms with Crippen LogP contribution >= 0.6 is 0 Å². The van der Waals surface area contributed by atoms with Gasteiger partial charge in [-0.3, -0.25) is 0 Å². The van der Waals surface area contributed by atoms with Gasteiger partial charge in [-0.25, -0.2) is 4.68 Å². The summed E-state index contributed by atoms with van der Waals surface area (Å²) in [7, 11) is 0. The third-order valence-electron chi connectivity index (χ3n) is 7.48. The second kappa shape index (κ2) is 6.58. The van der Waals surface area contributed by atoms with Crippen molar-refractivity contribution >= 4 is 34.0 Å². The normalized spacial score (nSPS) is 12.6. The van der Waals surface area contributed by atoms with E-state index < -0.39 is 0 Å². The van der Waals surface area contributed by atoms with Crippen molar-refractivity contribution in [2.75, 3.05) is 0 Å². The van der Waals surface area contributed by atoms with Crippen LogP contribution < -0.4 is 16.4 Å². The molecular formula is C31H19BN2. The Morgan fingerprint density at radius 3 is 2.12 bits per heavy atom. The fourth-order valence-electron chi connectivity index (χ4n) is 6.09. The highest BCUT2D eigenvalue weighted by molar-refractivity contribution is 7.02. The first kappa shape index (κ1) is 18.1. The number of aromatic nitrogens is 2. The zero-order valence-electron chi connectivity index (χ0n) is 18.4. The van der Waals surface area contributed by atoms with Gasteiger partial charge >= 0.3 is 0 Å². The third kappa shape index (κ3) is 2.28. The Kier molecular flexibility index (Phi) is 3.51. The average Bonchev–Trinajstić information content (AvgIpc) is 3.49. The Balaban J connectivity index is 1.53. The molecule has 1 aromatic heterocycles. The predicted octanol–water partition coefficient (Wildman–Crippen LogP) is 5.17. The van der Waals surface area contributed by atoms with Crippen LogP contribution in [-0.2, 0) is 0 Å². The summed E-state index contributed by atoms with van der Waals surface area (Å²) in [6.45, 7) is 0.203. The van der Waals surface area contributed by atoms with Gasteiger partial charge in [0.25, 0.3) is 0 Å². The van der Waals surface area contributed by atoms with E-state index in [9.17, 15) is 0 Å². The quantitative estimate of drug-likeness (QED) is 0.346. The lowest BCUT2D eigenvalue weighted by molar-refractivity contribution is 0.916. The Bertz CT molecular complexity index is 1750. The van der Waals surface area contributed by atoms with E-state index in [0.29, 0.717) is 0 Å². The number of para-hydroxylation sites is 1. The molecule has 6 aromatic rings. The monoisotopic (exact) mass is 430 g/mol. The zero-order chi connectivity index (χ0) is 22.2. The van der Waals surface area contributed by atoms with E-state index in [-0.39, 0.29) is 6.71 Å². The van der Waals surface area contributed by atoms with Gasteiger partial charge in [-0.2, -0.15) is 5.10 Å². The number of rotatable bonds is 2. The van der Waals surface area contributed by atoms with E-state index >= 15 is 0 Å². The van der Waals surface area contributed by atoms with Crippen LogP contribution in [0.15, 0.2) is 115 Å². The first-order valence-electron chi connectivity index (χ1n) is 11.8. The summed E-state index contributed by atoms with van der Waals surface area (Å²) in [5.74, 6) is 0. The summed E-state index contributed by atoms with van der Waals surface area (Å²) in [6, 6.07) is 39.7. The summed E-state index contributed by atoms with van der Waals surface area (Å²) < 4.78 is 2.15. The minimum absolute atomic E-state index is 0.203. The van der Waals surface area contributed by atoms with Gasteiger partial charge in [0.05, 0.1) is 17.4 Å². The van der Waals surface area contributed by atoms with Crippen molar-refractivity contribution in [2.45, 2.75) is 0 Å². The summed E-state index contributed by atoms with van der Waals surface area (Å²) in [5.41, 5.74) is 14.3. The molecule has 0 radical (unpaired) electrons. The molecule has 0 bridgehead atoms. The van der Waals surface area contributed by atoms with Crippen molar-refractivity contribution in [1.82, 2.24) is 9.78 Å². The van der Waals surface area contributed by atoms with Crippen LogP contribution in [0.3, 0.4) is 0 Å². The van der Waals surface area contributed by atoms with Crippen LogP contribution in [0.4, 0.5) is 0 Å². The highest BCUT2D eigenvalue weighted by Gasteiger charge is 2.42. The minimum Gasteiger partial charge on any atom is -0.234 e. The zero-order valence-corrected chi connectivity index (χ0v) is 18.4. The van der Waals surface area contributed by atoms with Gasteiger partial charge < -0.3 is 0 Å². The maximum Gasteiger partial charge on any atom is 0.249 e. The predicted molar refractivity (Wildman–Crippen MR) is 142 cm³/mol. The molecule has 2 nitrogen and oxygen atoms in total.